The Morgan fingerprint density at radius 3 is 2.42 bits per heavy atom. The minimum Gasteiger partial charge on any atom is -0.483 e. The number of rotatable bonds is 9. The quantitative estimate of drug-likeness (QED) is 0.242. The second-order valence-corrected chi connectivity index (χ2v) is 8.52. The van der Waals surface area contributed by atoms with Crippen LogP contribution in [0.4, 0.5) is 5.69 Å². The topological polar surface area (TPSA) is 109 Å². The summed E-state index contributed by atoms with van der Waals surface area (Å²) < 4.78 is 5.62. The smallest absolute Gasteiger partial charge is 0.329 e. The SMILES string of the molecule is Cc1cccc(NC(=O)COc2ccccc2/C=N\NC(=O)C(=O)NCc2ccc(C(C)C)cc2)c1. The van der Waals surface area contributed by atoms with Crippen molar-refractivity contribution in [3.63, 3.8) is 0 Å². The lowest BCUT2D eigenvalue weighted by atomic mass is 10.0. The molecule has 3 aromatic carbocycles. The van der Waals surface area contributed by atoms with Crippen LogP contribution < -0.4 is 20.8 Å². The zero-order valence-electron chi connectivity index (χ0n) is 20.6. The average Bonchev–Trinajstić information content (AvgIpc) is 2.86. The molecule has 0 aliphatic heterocycles. The molecule has 186 valence electrons. The molecule has 0 aromatic heterocycles. The number of carbonyl (C=O) groups excluding carboxylic acids is 3. The largest absolute Gasteiger partial charge is 0.483 e. The fourth-order valence-corrected chi connectivity index (χ4v) is 3.28. The first kappa shape index (κ1) is 26.2. The summed E-state index contributed by atoms with van der Waals surface area (Å²) in [4.78, 5) is 36.4. The molecule has 0 unspecified atom stereocenters. The first-order valence-electron chi connectivity index (χ1n) is 11.6. The molecule has 3 amide bonds. The van der Waals surface area contributed by atoms with E-state index in [1.807, 2.05) is 49.4 Å². The zero-order chi connectivity index (χ0) is 25.9. The van der Waals surface area contributed by atoms with Crippen molar-refractivity contribution in [1.29, 1.82) is 0 Å². The summed E-state index contributed by atoms with van der Waals surface area (Å²) in [7, 11) is 0. The van der Waals surface area contributed by atoms with E-state index in [4.69, 9.17) is 4.74 Å². The van der Waals surface area contributed by atoms with Crippen molar-refractivity contribution in [3.8, 4) is 5.75 Å². The minimum atomic E-state index is -0.888. The Hall–Kier alpha value is -4.46. The second-order valence-electron chi connectivity index (χ2n) is 8.52. The molecule has 8 nitrogen and oxygen atoms in total. The molecule has 36 heavy (non-hydrogen) atoms. The number of hydrazone groups is 1. The van der Waals surface area contributed by atoms with E-state index in [2.05, 4.69) is 35.0 Å². The van der Waals surface area contributed by atoms with E-state index >= 15 is 0 Å². The molecule has 3 N–H and O–H groups in total. The number of carbonyl (C=O) groups is 3. The van der Waals surface area contributed by atoms with Crippen LogP contribution in [-0.2, 0) is 20.9 Å². The first-order valence-corrected chi connectivity index (χ1v) is 11.6. The van der Waals surface area contributed by atoms with E-state index in [1.165, 1.54) is 11.8 Å². The normalized spacial score (nSPS) is 10.8. The van der Waals surface area contributed by atoms with Gasteiger partial charge in [0.05, 0.1) is 6.21 Å². The van der Waals surface area contributed by atoms with Gasteiger partial charge in [-0.2, -0.15) is 5.10 Å². The van der Waals surface area contributed by atoms with Gasteiger partial charge in [0, 0.05) is 17.8 Å². The molecule has 0 bridgehead atoms. The number of hydrogen-bond acceptors (Lipinski definition) is 5. The molecule has 0 saturated carbocycles. The minimum absolute atomic E-state index is 0.203. The van der Waals surface area contributed by atoms with Crippen LogP contribution in [0.3, 0.4) is 0 Å². The average molecular weight is 487 g/mol. The van der Waals surface area contributed by atoms with Crippen LogP contribution in [0.15, 0.2) is 77.9 Å². The molecule has 3 rings (SSSR count). The monoisotopic (exact) mass is 486 g/mol. The van der Waals surface area contributed by atoms with E-state index in [-0.39, 0.29) is 19.1 Å². The molecule has 8 heteroatoms. The lowest BCUT2D eigenvalue weighted by Gasteiger charge is -2.10. The molecular weight excluding hydrogens is 456 g/mol. The number of para-hydroxylation sites is 1. The van der Waals surface area contributed by atoms with Crippen molar-refractivity contribution in [2.75, 3.05) is 11.9 Å². The van der Waals surface area contributed by atoms with Crippen LogP contribution in [-0.4, -0.2) is 30.5 Å². The number of ether oxygens (including phenoxy) is 1. The van der Waals surface area contributed by atoms with Gasteiger partial charge in [0.1, 0.15) is 5.75 Å². The number of aryl methyl sites for hydroxylation is 1. The van der Waals surface area contributed by atoms with Crippen molar-refractivity contribution >= 4 is 29.6 Å². The van der Waals surface area contributed by atoms with Crippen molar-refractivity contribution in [2.45, 2.75) is 33.2 Å². The number of nitrogens with zero attached hydrogens (tertiary/aromatic N) is 1. The van der Waals surface area contributed by atoms with Gasteiger partial charge in [0.15, 0.2) is 6.61 Å². The number of hydrogen-bond donors (Lipinski definition) is 3. The highest BCUT2D eigenvalue weighted by Gasteiger charge is 2.12. The Kier molecular flexibility index (Phi) is 9.33. The molecule has 0 atom stereocenters. The molecule has 0 saturated heterocycles. The Balaban J connectivity index is 1.48. The van der Waals surface area contributed by atoms with Gasteiger partial charge < -0.3 is 15.4 Å². The number of nitrogens with one attached hydrogen (secondary N) is 3. The maximum absolute atomic E-state index is 12.2. The third kappa shape index (κ3) is 8.09. The first-order chi connectivity index (χ1) is 17.3. The standard InChI is InChI=1S/C28H30N4O4/c1-19(2)22-13-11-21(12-14-22)16-29-27(34)28(35)32-30-17-23-8-4-5-10-25(23)36-18-26(33)31-24-9-6-7-20(3)15-24/h4-15,17,19H,16,18H2,1-3H3,(H,29,34)(H,31,33)(H,32,35)/b30-17-. The molecule has 0 fully saturated rings. The highest BCUT2D eigenvalue weighted by molar-refractivity contribution is 6.35. The van der Waals surface area contributed by atoms with E-state index in [9.17, 15) is 14.4 Å². The van der Waals surface area contributed by atoms with Crippen molar-refractivity contribution < 1.29 is 19.1 Å². The van der Waals surface area contributed by atoms with Gasteiger partial charge in [-0.15, -0.1) is 0 Å². The summed E-state index contributed by atoms with van der Waals surface area (Å²) in [5.74, 6) is -1.16. The lowest BCUT2D eigenvalue weighted by molar-refractivity contribution is -0.139. The third-order valence-electron chi connectivity index (χ3n) is 5.26. The molecule has 3 aromatic rings. The summed E-state index contributed by atoms with van der Waals surface area (Å²) in [6.07, 6.45) is 1.35. The van der Waals surface area contributed by atoms with Crippen LogP contribution in [0.2, 0.25) is 0 Å². The predicted molar refractivity (Wildman–Crippen MR) is 140 cm³/mol. The summed E-state index contributed by atoms with van der Waals surface area (Å²) in [6.45, 7) is 6.18. The number of benzene rings is 3. The zero-order valence-corrected chi connectivity index (χ0v) is 20.6. The summed E-state index contributed by atoms with van der Waals surface area (Å²) in [6, 6.07) is 22.2. The van der Waals surface area contributed by atoms with Crippen molar-refractivity contribution in [2.24, 2.45) is 5.10 Å². The Morgan fingerprint density at radius 1 is 0.944 bits per heavy atom. The van der Waals surface area contributed by atoms with Gasteiger partial charge >= 0.3 is 11.8 Å². The van der Waals surface area contributed by atoms with Crippen LogP contribution in [0.1, 0.15) is 42.0 Å². The van der Waals surface area contributed by atoms with Gasteiger partial charge in [-0.25, -0.2) is 5.43 Å². The summed E-state index contributed by atoms with van der Waals surface area (Å²) in [5, 5.41) is 9.19. The van der Waals surface area contributed by atoms with E-state index in [1.54, 1.807) is 30.3 Å². The summed E-state index contributed by atoms with van der Waals surface area (Å²) in [5.41, 5.74) is 6.55. The molecule has 0 radical (unpaired) electrons. The predicted octanol–water partition coefficient (Wildman–Crippen LogP) is 3.90. The number of anilines is 1. The Morgan fingerprint density at radius 2 is 1.69 bits per heavy atom. The van der Waals surface area contributed by atoms with E-state index in [0.29, 0.717) is 22.9 Å². The molecular formula is C28H30N4O4. The van der Waals surface area contributed by atoms with Gasteiger partial charge in [-0.3, -0.25) is 14.4 Å². The summed E-state index contributed by atoms with van der Waals surface area (Å²) >= 11 is 0. The van der Waals surface area contributed by atoms with Crippen LogP contribution in [0.25, 0.3) is 0 Å². The Labute approximate surface area is 210 Å². The molecule has 0 spiro atoms. The number of amides is 3. The van der Waals surface area contributed by atoms with Gasteiger partial charge in [0.25, 0.3) is 5.91 Å². The van der Waals surface area contributed by atoms with Gasteiger partial charge in [-0.05, 0) is 53.8 Å². The van der Waals surface area contributed by atoms with Crippen molar-refractivity contribution in [3.05, 3.63) is 95.1 Å². The van der Waals surface area contributed by atoms with Crippen LogP contribution >= 0.6 is 0 Å². The third-order valence-corrected chi connectivity index (χ3v) is 5.26. The molecule has 0 aliphatic carbocycles. The Bertz CT molecular complexity index is 1240. The fourth-order valence-electron chi connectivity index (χ4n) is 3.28. The fraction of sp³-hybridized carbons (Fsp3) is 0.214. The van der Waals surface area contributed by atoms with Crippen LogP contribution in [0.5, 0.6) is 5.75 Å². The second kappa shape index (κ2) is 12.9. The van der Waals surface area contributed by atoms with E-state index < -0.39 is 11.8 Å². The van der Waals surface area contributed by atoms with E-state index in [0.717, 1.165) is 11.1 Å². The lowest BCUT2D eigenvalue weighted by Crippen LogP contribution is -2.37. The maximum atomic E-state index is 12.2. The van der Waals surface area contributed by atoms with Gasteiger partial charge in [-0.1, -0.05) is 62.4 Å². The molecule has 0 aliphatic rings. The van der Waals surface area contributed by atoms with Crippen LogP contribution in [0, 0.1) is 6.92 Å². The highest BCUT2D eigenvalue weighted by atomic mass is 16.5. The van der Waals surface area contributed by atoms with Gasteiger partial charge in [0.2, 0.25) is 0 Å². The maximum Gasteiger partial charge on any atom is 0.329 e. The van der Waals surface area contributed by atoms with Crippen molar-refractivity contribution in [1.82, 2.24) is 10.7 Å². The molecule has 0 heterocycles. The highest BCUT2D eigenvalue weighted by Crippen LogP contribution is 2.16.